The van der Waals surface area contributed by atoms with Crippen molar-refractivity contribution in [1.82, 2.24) is 35.0 Å². The third-order valence-electron chi connectivity index (χ3n) is 6.75. The zero-order valence-electron chi connectivity index (χ0n) is 21.4. The van der Waals surface area contributed by atoms with Gasteiger partial charge in [-0.15, -0.1) is 5.10 Å². The zero-order chi connectivity index (χ0) is 28.3. The highest BCUT2D eigenvalue weighted by Crippen LogP contribution is 2.35. The third kappa shape index (κ3) is 5.33. The summed E-state index contributed by atoms with van der Waals surface area (Å²) in [5.74, 6) is -0.990. The van der Waals surface area contributed by atoms with Gasteiger partial charge in [0.2, 0.25) is 0 Å². The summed E-state index contributed by atoms with van der Waals surface area (Å²) in [4.78, 5) is 16.0. The van der Waals surface area contributed by atoms with E-state index in [1.54, 1.807) is 52.1 Å². The number of tetrazole rings is 1. The number of benzene rings is 3. The van der Waals surface area contributed by atoms with E-state index in [9.17, 15) is 15.0 Å². The Bertz CT molecular complexity index is 1790. The molecule has 0 amide bonds. The summed E-state index contributed by atoms with van der Waals surface area (Å²) in [6, 6.07) is 24.4. The molecule has 3 aromatic heterocycles. The van der Waals surface area contributed by atoms with E-state index >= 15 is 0 Å². The lowest BCUT2D eigenvalue weighted by atomic mass is 9.98. The van der Waals surface area contributed by atoms with Crippen LogP contribution in [0.25, 0.3) is 27.9 Å². The second kappa shape index (κ2) is 11.1. The van der Waals surface area contributed by atoms with Gasteiger partial charge in [0.15, 0.2) is 0 Å². The Balaban J connectivity index is 1.39. The minimum Gasteiger partial charge on any atom is -0.478 e. The van der Waals surface area contributed by atoms with Crippen molar-refractivity contribution in [2.75, 3.05) is 0 Å². The molecule has 0 aliphatic rings. The van der Waals surface area contributed by atoms with E-state index in [2.05, 4.69) is 20.6 Å². The first kappa shape index (κ1) is 26.1. The number of carbonyl (C=O) groups is 1. The average Bonchev–Trinajstić information content (AvgIpc) is 3.72. The minimum absolute atomic E-state index is 0.200. The monoisotopic (exact) mass is 563 g/mol. The molecule has 6 rings (SSSR count). The van der Waals surface area contributed by atoms with Gasteiger partial charge in [-0.3, -0.25) is 9.67 Å². The Labute approximate surface area is 239 Å². The summed E-state index contributed by atoms with van der Waals surface area (Å²) in [6.07, 6.45) is 5.76. The summed E-state index contributed by atoms with van der Waals surface area (Å²) >= 11 is 6.32. The Hall–Kier alpha value is -5.19. The third-order valence-corrected chi connectivity index (χ3v) is 6.98. The van der Waals surface area contributed by atoms with Crippen molar-refractivity contribution in [1.29, 1.82) is 0 Å². The number of hydrogen-bond acceptors (Lipinski definition) is 7. The molecule has 2 N–H and O–H groups in total. The van der Waals surface area contributed by atoms with Crippen LogP contribution in [0.2, 0.25) is 5.02 Å². The van der Waals surface area contributed by atoms with Gasteiger partial charge in [-0.2, -0.15) is 9.78 Å². The van der Waals surface area contributed by atoms with Gasteiger partial charge < -0.3 is 10.2 Å². The number of nitrogens with zero attached hydrogens (tertiary/aromatic N) is 7. The summed E-state index contributed by atoms with van der Waals surface area (Å²) in [7, 11) is 0. The van der Waals surface area contributed by atoms with Crippen LogP contribution in [0.5, 0.6) is 0 Å². The Morgan fingerprint density at radius 1 is 0.878 bits per heavy atom. The predicted octanol–water partition coefficient (Wildman–Crippen LogP) is 5.26. The van der Waals surface area contributed by atoms with Crippen LogP contribution in [0.15, 0.2) is 110 Å². The number of halogens is 1. The first-order chi connectivity index (χ1) is 20.0. The van der Waals surface area contributed by atoms with Gasteiger partial charge in [-0.1, -0.05) is 60.1 Å². The van der Waals surface area contributed by atoms with Crippen molar-refractivity contribution in [3.05, 3.63) is 132 Å². The van der Waals surface area contributed by atoms with Crippen molar-refractivity contribution >= 4 is 17.6 Å². The Morgan fingerprint density at radius 2 is 1.66 bits per heavy atom. The van der Waals surface area contributed by atoms with Gasteiger partial charge in [-0.05, 0) is 58.0 Å². The maximum atomic E-state index is 11.5. The highest BCUT2D eigenvalue weighted by molar-refractivity contribution is 6.31. The SMILES string of the molecule is O=C(O)c1ccc(-c2cnn([C@H](c3ccc(-c4cc(Cl)ccc4-n4cnnn4)cn3)[C@H](O)c3ccccc3)c2)cc1. The normalized spacial score (nSPS) is 12.6. The van der Waals surface area contributed by atoms with Crippen molar-refractivity contribution in [2.24, 2.45) is 0 Å². The quantitative estimate of drug-likeness (QED) is 0.256. The van der Waals surface area contributed by atoms with E-state index in [1.165, 1.54) is 6.33 Å². The lowest BCUT2D eigenvalue weighted by Crippen LogP contribution is -2.21. The van der Waals surface area contributed by atoms with Crippen molar-refractivity contribution in [3.8, 4) is 27.9 Å². The van der Waals surface area contributed by atoms with Crippen LogP contribution in [0, 0.1) is 0 Å². The molecule has 6 aromatic rings. The van der Waals surface area contributed by atoms with E-state index < -0.39 is 18.1 Å². The molecule has 0 unspecified atom stereocenters. The minimum atomic E-state index is -0.990. The van der Waals surface area contributed by atoms with Crippen LogP contribution in [-0.2, 0) is 0 Å². The van der Waals surface area contributed by atoms with E-state index in [4.69, 9.17) is 16.6 Å². The number of pyridine rings is 1. The van der Waals surface area contributed by atoms with E-state index in [0.29, 0.717) is 16.3 Å². The van der Waals surface area contributed by atoms with Gasteiger partial charge in [-0.25, -0.2) is 4.79 Å². The molecule has 0 spiro atoms. The van der Waals surface area contributed by atoms with Gasteiger partial charge in [0, 0.05) is 34.1 Å². The maximum absolute atomic E-state index is 11.5. The highest BCUT2D eigenvalue weighted by Gasteiger charge is 2.27. The molecule has 3 heterocycles. The lowest BCUT2D eigenvalue weighted by Gasteiger charge is -2.24. The van der Waals surface area contributed by atoms with Crippen LogP contribution < -0.4 is 0 Å². The van der Waals surface area contributed by atoms with Crippen LogP contribution in [0.1, 0.15) is 33.8 Å². The fourth-order valence-electron chi connectivity index (χ4n) is 4.67. The molecule has 41 heavy (non-hydrogen) atoms. The van der Waals surface area contributed by atoms with Crippen molar-refractivity contribution in [2.45, 2.75) is 12.1 Å². The second-order valence-corrected chi connectivity index (χ2v) is 9.72. The Kier molecular flexibility index (Phi) is 7.07. The zero-order valence-corrected chi connectivity index (χ0v) is 22.1. The van der Waals surface area contributed by atoms with Gasteiger partial charge in [0.05, 0.1) is 23.1 Å². The molecule has 0 aliphatic heterocycles. The molecule has 0 aliphatic carbocycles. The predicted molar refractivity (Wildman–Crippen MR) is 152 cm³/mol. The molecule has 202 valence electrons. The van der Waals surface area contributed by atoms with Gasteiger partial charge in [0.25, 0.3) is 0 Å². The standard InChI is InChI=1S/C30H22ClN7O3/c31-24-11-13-27(38-18-33-35-36-38)25(14-24)22-10-12-26(32-15-22)28(29(39)20-4-2-1-3-5-20)37-17-23(16-34-37)19-6-8-21(9-7-19)30(40)41/h1-18,28-29,39H,(H,40,41)/t28-,29-/m1/s1. The fourth-order valence-corrected chi connectivity index (χ4v) is 4.84. The maximum Gasteiger partial charge on any atom is 0.335 e. The molecular weight excluding hydrogens is 542 g/mol. The summed E-state index contributed by atoms with van der Waals surface area (Å²) < 4.78 is 3.22. The molecule has 11 heteroatoms. The molecule has 0 bridgehead atoms. The second-order valence-electron chi connectivity index (χ2n) is 9.28. The Morgan fingerprint density at radius 3 is 2.34 bits per heavy atom. The summed E-state index contributed by atoms with van der Waals surface area (Å²) in [5.41, 5.74) is 5.38. The fraction of sp³-hybridized carbons (Fsp3) is 0.0667. The van der Waals surface area contributed by atoms with Crippen LogP contribution in [-0.4, -0.2) is 51.2 Å². The number of aliphatic hydroxyl groups is 1. The van der Waals surface area contributed by atoms with Crippen molar-refractivity contribution < 1.29 is 15.0 Å². The number of hydrogen-bond donors (Lipinski definition) is 2. The smallest absolute Gasteiger partial charge is 0.335 e. The molecule has 0 saturated heterocycles. The number of aliphatic hydroxyl groups excluding tert-OH is 1. The average molecular weight is 564 g/mol. The first-order valence-corrected chi connectivity index (χ1v) is 13.0. The number of rotatable bonds is 8. The number of carboxylic acid groups (broad SMARTS) is 1. The van der Waals surface area contributed by atoms with Crippen LogP contribution >= 0.6 is 11.6 Å². The number of carboxylic acids is 1. The highest BCUT2D eigenvalue weighted by atomic mass is 35.5. The molecule has 3 aromatic carbocycles. The summed E-state index contributed by atoms with van der Waals surface area (Å²) in [6.45, 7) is 0. The molecule has 0 saturated carbocycles. The van der Waals surface area contributed by atoms with Crippen molar-refractivity contribution in [3.63, 3.8) is 0 Å². The van der Waals surface area contributed by atoms with Gasteiger partial charge in [0.1, 0.15) is 18.5 Å². The first-order valence-electron chi connectivity index (χ1n) is 12.6. The number of aromatic nitrogens is 7. The lowest BCUT2D eigenvalue weighted by molar-refractivity contribution is 0.0697. The van der Waals surface area contributed by atoms with Crippen LogP contribution in [0.3, 0.4) is 0 Å². The van der Waals surface area contributed by atoms with E-state index in [0.717, 1.165) is 27.9 Å². The summed E-state index contributed by atoms with van der Waals surface area (Å²) in [5, 5.41) is 37.4. The topological polar surface area (TPSA) is 132 Å². The van der Waals surface area contributed by atoms with Gasteiger partial charge >= 0.3 is 5.97 Å². The molecule has 0 radical (unpaired) electrons. The molecule has 10 nitrogen and oxygen atoms in total. The molecule has 2 atom stereocenters. The number of aromatic carboxylic acids is 1. The largest absolute Gasteiger partial charge is 0.478 e. The van der Waals surface area contributed by atoms with Crippen LogP contribution in [0.4, 0.5) is 0 Å². The molecular formula is C30H22ClN7O3. The molecule has 0 fully saturated rings. The van der Waals surface area contributed by atoms with E-state index in [-0.39, 0.29) is 5.56 Å². The van der Waals surface area contributed by atoms with E-state index in [1.807, 2.05) is 60.8 Å².